The molecule has 27 heavy (non-hydrogen) atoms. The van der Waals surface area contributed by atoms with Crippen LogP contribution in [0.25, 0.3) is 0 Å². The summed E-state index contributed by atoms with van der Waals surface area (Å²) in [5, 5.41) is 6.52. The Balaban J connectivity index is 1.65. The molecule has 1 aliphatic heterocycles. The van der Waals surface area contributed by atoms with Gasteiger partial charge in [-0.05, 0) is 67.4 Å². The van der Waals surface area contributed by atoms with Crippen molar-refractivity contribution < 1.29 is 4.90 Å². The Kier molecular flexibility index (Phi) is 8.11. The lowest BCUT2D eigenvalue weighted by Crippen LogP contribution is -3.12. The minimum Gasteiger partial charge on any atom is -0.338 e. The molecule has 1 aromatic carbocycles. The van der Waals surface area contributed by atoms with Crippen molar-refractivity contribution in [3.05, 3.63) is 52.2 Å². The van der Waals surface area contributed by atoms with Crippen molar-refractivity contribution in [2.24, 2.45) is 0 Å². The molecule has 0 amide bonds. The van der Waals surface area contributed by atoms with Crippen LogP contribution in [0, 0.1) is 0 Å². The van der Waals surface area contributed by atoms with Gasteiger partial charge in [-0.15, -0.1) is 11.3 Å². The van der Waals surface area contributed by atoms with Crippen molar-refractivity contribution in [2.75, 3.05) is 31.5 Å². The van der Waals surface area contributed by atoms with E-state index >= 15 is 0 Å². The van der Waals surface area contributed by atoms with E-state index in [1.807, 2.05) is 11.3 Å². The van der Waals surface area contributed by atoms with Crippen LogP contribution in [-0.4, -0.2) is 36.2 Å². The number of quaternary nitrogens is 1. The van der Waals surface area contributed by atoms with Crippen LogP contribution in [0.3, 0.4) is 0 Å². The maximum Gasteiger partial charge on any atom is 0.173 e. The number of rotatable bonds is 7. The van der Waals surface area contributed by atoms with Crippen LogP contribution >= 0.6 is 23.6 Å². The van der Waals surface area contributed by atoms with Gasteiger partial charge in [0, 0.05) is 10.6 Å². The number of nitrogens with zero attached hydrogens (tertiary/aromatic N) is 1. The summed E-state index contributed by atoms with van der Waals surface area (Å²) < 4.78 is 0. The molecule has 0 radical (unpaired) electrons. The molecule has 1 saturated heterocycles. The molecule has 0 bridgehead atoms. The highest BCUT2D eigenvalue weighted by atomic mass is 32.1. The SMILES string of the molecule is CCc1ccccc1NC(=S)N(CC[NH+]1CCCCCC1)Cc1cccs1. The van der Waals surface area contributed by atoms with E-state index < -0.39 is 0 Å². The van der Waals surface area contributed by atoms with Gasteiger partial charge >= 0.3 is 0 Å². The van der Waals surface area contributed by atoms with Gasteiger partial charge < -0.3 is 15.1 Å². The highest BCUT2D eigenvalue weighted by molar-refractivity contribution is 7.80. The molecule has 2 heterocycles. The van der Waals surface area contributed by atoms with E-state index in [1.54, 1.807) is 4.90 Å². The molecular formula is C22H32N3S2+. The lowest BCUT2D eigenvalue weighted by molar-refractivity contribution is -0.898. The second-order valence-corrected chi connectivity index (χ2v) is 8.77. The van der Waals surface area contributed by atoms with Gasteiger partial charge in [0.25, 0.3) is 0 Å². The zero-order valence-electron chi connectivity index (χ0n) is 16.4. The number of benzene rings is 1. The first kappa shape index (κ1) is 20.3. The Morgan fingerprint density at radius 3 is 2.59 bits per heavy atom. The van der Waals surface area contributed by atoms with Crippen molar-refractivity contribution in [2.45, 2.75) is 45.6 Å². The Morgan fingerprint density at radius 2 is 1.89 bits per heavy atom. The molecule has 3 nitrogen and oxygen atoms in total. The lowest BCUT2D eigenvalue weighted by atomic mass is 10.1. The summed E-state index contributed by atoms with van der Waals surface area (Å²) >= 11 is 7.65. The van der Waals surface area contributed by atoms with Gasteiger partial charge in [-0.3, -0.25) is 0 Å². The first-order valence-electron chi connectivity index (χ1n) is 10.3. The largest absolute Gasteiger partial charge is 0.338 e. The molecule has 5 heteroatoms. The Morgan fingerprint density at radius 1 is 1.11 bits per heavy atom. The summed E-state index contributed by atoms with van der Waals surface area (Å²) in [6.07, 6.45) is 6.54. The first-order chi connectivity index (χ1) is 13.3. The van der Waals surface area contributed by atoms with Gasteiger partial charge in [-0.1, -0.05) is 31.2 Å². The summed E-state index contributed by atoms with van der Waals surface area (Å²) in [4.78, 5) is 5.46. The minimum atomic E-state index is 0.846. The zero-order valence-corrected chi connectivity index (χ0v) is 18.0. The molecule has 2 aromatic rings. The number of hydrogen-bond donors (Lipinski definition) is 2. The van der Waals surface area contributed by atoms with Crippen LogP contribution in [0.15, 0.2) is 41.8 Å². The first-order valence-corrected chi connectivity index (χ1v) is 11.5. The van der Waals surface area contributed by atoms with E-state index in [1.165, 1.54) is 55.8 Å². The number of anilines is 1. The molecular weight excluding hydrogens is 370 g/mol. The van der Waals surface area contributed by atoms with E-state index in [0.717, 1.165) is 30.3 Å². The second kappa shape index (κ2) is 10.8. The predicted molar refractivity (Wildman–Crippen MR) is 121 cm³/mol. The van der Waals surface area contributed by atoms with E-state index in [2.05, 4.69) is 58.9 Å². The molecule has 2 N–H and O–H groups in total. The summed E-state index contributed by atoms with van der Waals surface area (Å²) in [7, 11) is 0. The van der Waals surface area contributed by atoms with Crippen molar-refractivity contribution in [3.8, 4) is 0 Å². The van der Waals surface area contributed by atoms with Gasteiger partial charge in [0.1, 0.15) is 0 Å². The third-order valence-electron chi connectivity index (χ3n) is 5.40. The topological polar surface area (TPSA) is 19.7 Å². The summed E-state index contributed by atoms with van der Waals surface area (Å²) in [5.74, 6) is 0. The van der Waals surface area contributed by atoms with Crippen molar-refractivity contribution in [3.63, 3.8) is 0 Å². The molecule has 0 spiro atoms. The molecule has 3 rings (SSSR count). The van der Waals surface area contributed by atoms with E-state index in [0.29, 0.717) is 0 Å². The highest BCUT2D eigenvalue weighted by Crippen LogP contribution is 2.18. The van der Waals surface area contributed by atoms with Crippen LogP contribution in [0.5, 0.6) is 0 Å². The van der Waals surface area contributed by atoms with Crippen LogP contribution in [0.4, 0.5) is 5.69 Å². The summed E-state index contributed by atoms with van der Waals surface area (Å²) in [6.45, 7) is 7.88. The maximum atomic E-state index is 5.84. The van der Waals surface area contributed by atoms with Gasteiger partial charge in [0.15, 0.2) is 5.11 Å². The van der Waals surface area contributed by atoms with Gasteiger partial charge in [-0.2, -0.15) is 0 Å². The van der Waals surface area contributed by atoms with Gasteiger partial charge in [0.2, 0.25) is 0 Å². The minimum absolute atomic E-state index is 0.846. The second-order valence-electron chi connectivity index (χ2n) is 7.36. The normalized spacial score (nSPS) is 15.3. The fourth-order valence-corrected chi connectivity index (χ4v) is 4.74. The molecule has 0 unspecified atom stereocenters. The van der Waals surface area contributed by atoms with E-state index in [4.69, 9.17) is 12.2 Å². The third kappa shape index (κ3) is 6.30. The van der Waals surface area contributed by atoms with Crippen molar-refractivity contribution >= 4 is 34.4 Å². The van der Waals surface area contributed by atoms with E-state index in [-0.39, 0.29) is 0 Å². The van der Waals surface area contributed by atoms with Crippen LogP contribution in [0.1, 0.15) is 43.0 Å². The average Bonchev–Trinajstić information content (AvgIpc) is 3.06. The van der Waals surface area contributed by atoms with Crippen molar-refractivity contribution in [1.82, 2.24) is 4.90 Å². The number of para-hydroxylation sites is 1. The van der Waals surface area contributed by atoms with Crippen LogP contribution < -0.4 is 10.2 Å². The number of hydrogen-bond acceptors (Lipinski definition) is 2. The fraction of sp³-hybridized carbons (Fsp3) is 0.500. The number of likely N-dealkylation sites (tertiary alicyclic amines) is 1. The molecule has 1 fully saturated rings. The van der Waals surface area contributed by atoms with Crippen LogP contribution in [0.2, 0.25) is 0 Å². The molecule has 0 aliphatic carbocycles. The number of thiophene rings is 1. The number of thiocarbonyl (C=S) groups is 1. The van der Waals surface area contributed by atoms with Crippen molar-refractivity contribution in [1.29, 1.82) is 0 Å². The zero-order chi connectivity index (χ0) is 18.9. The Bertz CT molecular complexity index is 691. The van der Waals surface area contributed by atoms with E-state index in [9.17, 15) is 0 Å². The molecule has 1 aliphatic rings. The molecule has 0 atom stereocenters. The highest BCUT2D eigenvalue weighted by Gasteiger charge is 2.17. The standard InChI is InChI=1S/C22H31N3S2/c1-2-19-10-5-6-12-21(19)23-22(26)25(18-20-11-9-17-27-20)16-15-24-13-7-3-4-8-14-24/h5-6,9-12,17H,2-4,7-8,13-16,18H2,1H3,(H,23,26)/p+1. The Hall–Kier alpha value is -1.43. The maximum absolute atomic E-state index is 5.84. The van der Waals surface area contributed by atoms with Crippen LogP contribution in [-0.2, 0) is 13.0 Å². The Labute approximate surface area is 173 Å². The third-order valence-corrected chi connectivity index (χ3v) is 6.62. The predicted octanol–water partition coefficient (Wildman–Crippen LogP) is 3.97. The van der Waals surface area contributed by atoms with Gasteiger partial charge in [0.05, 0.1) is 32.7 Å². The number of nitrogens with one attached hydrogen (secondary N) is 2. The fourth-order valence-electron chi connectivity index (χ4n) is 3.76. The molecule has 1 aromatic heterocycles. The summed E-state index contributed by atoms with van der Waals surface area (Å²) in [6, 6.07) is 12.8. The number of aryl methyl sites for hydroxylation is 1. The monoisotopic (exact) mass is 402 g/mol. The smallest absolute Gasteiger partial charge is 0.173 e. The summed E-state index contributed by atoms with van der Waals surface area (Å²) in [5.41, 5.74) is 2.46. The average molecular weight is 403 g/mol. The lowest BCUT2D eigenvalue weighted by Gasteiger charge is -2.28. The molecule has 146 valence electrons. The molecule has 0 saturated carbocycles. The quantitative estimate of drug-likeness (QED) is 0.684. The van der Waals surface area contributed by atoms with Gasteiger partial charge in [-0.25, -0.2) is 0 Å².